The Labute approximate surface area is 127 Å². The first kappa shape index (κ1) is 16.4. The number of rotatable bonds is 4. The molecule has 1 fully saturated rings. The Kier molecular flexibility index (Phi) is 5.03. The number of hydrogen-bond donors (Lipinski definition) is 0. The molecule has 0 radical (unpaired) electrons. The highest BCUT2D eigenvalue weighted by Gasteiger charge is 2.23. The molecule has 0 aromatic heterocycles. The van der Waals surface area contributed by atoms with Crippen LogP contribution in [-0.2, 0) is 21.3 Å². The Morgan fingerprint density at radius 2 is 1.86 bits per heavy atom. The van der Waals surface area contributed by atoms with Crippen LogP contribution in [0.1, 0.15) is 19.4 Å². The van der Waals surface area contributed by atoms with E-state index in [0.717, 1.165) is 25.2 Å². The van der Waals surface area contributed by atoms with E-state index in [4.69, 9.17) is 4.74 Å². The molecule has 0 unspecified atom stereocenters. The highest BCUT2D eigenvalue weighted by atomic mass is 32.2. The van der Waals surface area contributed by atoms with Crippen LogP contribution >= 0.6 is 0 Å². The monoisotopic (exact) mass is 312 g/mol. The lowest BCUT2D eigenvalue weighted by Gasteiger charge is -2.35. The van der Waals surface area contributed by atoms with Crippen molar-refractivity contribution in [1.29, 1.82) is 0 Å². The summed E-state index contributed by atoms with van der Waals surface area (Å²) in [5.74, 6) is 0. The van der Waals surface area contributed by atoms with Gasteiger partial charge in [-0.15, -0.1) is 0 Å². The van der Waals surface area contributed by atoms with Crippen molar-refractivity contribution >= 4 is 10.0 Å². The number of hydrogen-bond acceptors (Lipinski definition) is 4. The summed E-state index contributed by atoms with van der Waals surface area (Å²) < 4.78 is 31.3. The first-order chi connectivity index (χ1) is 9.79. The minimum absolute atomic E-state index is 0.211. The van der Waals surface area contributed by atoms with E-state index in [-0.39, 0.29) is 12.2 Å². The van der Waals surface area contributed by atoms with Gasteiger partial charge in [0.25, 0.3) is 0 Å². The molecule has 0 N–H and O–H groups in total. The molecule has 1 heterocycles. The fraction of sp³-hybridized carbons (Fsp3) is 0.600. The predicted octanol–water partition coefficient (Wildman–Crippen LogP) is 1.55. The quantitative estimate of drug-likeness (QED) is 0.846. The summed E-state index contributed by atoms with van der Waals surface area (Å²) in [4.78, 5) is 2.65. The molecule has 0 spiro atoms. The molecule has 0 amide bonds. The minimum Gasteiger partial charge on any atom is -0.373 e. The zero-order valence-corrected chi connectivity index (χ0v) is 13.9. The summed E-state index contributed by atoms with van der Waals surface area (Å²) in [7, 11) is -0.274. The topological polar surface area (TPSA) is 49.9 Å². The average Bonchev–Trinajstić information content (AvgIpc) is 2.37. The number of morpholine rings is 1. The van der Waals surface area contributed by atoms with Gasteiger partial charge >= 0.3 is 0 Å². The second kappa shape index (κ2) is 6.44. The molecule has 1 aromatic rings. The number of sulfonamides is 1. The van der Waals surface area contributed by atoms with Crippen LogP contribution in [0.15, 0.2) is 29.2 Å². The van der Waals surface area contributed by atoms with Crippen molar-refractivity contribution in [1.82, 2.24) is 9.21 Å². The van der Waals surface area contributed by atoms with E-state index in [9.17, 15) is 8.42 Å². The van der Waals surface area contributed by atoms with Crippen LogP contribution in [0, 0.1) is 0 Å². The van der Waals surface area contributed by atoms with Crippen molar-refractivity contribution in [2.75, 3.05) is 27.2 Å². The van der Waals surface area contributed by atoms with E-state index in [1.54, 1.807) is 32.3 Å². The molecule has 1 aliphatic rings. The van der Waals surface area contributed by atoms with Gasteiger partial charge in [0, 0.05) is 33.7 Å². The highest BCUT2D eigenvalue weighted by Crippen LogP contribution is 2.18. The smallest absolute Gasteiger partial charge is 0.242 e. The Morgan fingerprint density at radius 1 is 1.24 bits per heavy atom. The van der Waals surface area contributed by atoms with Gasteiger partial charge in [0.05, 0.1) is 17.1 Å². The average molecular weight is 312 g/mol. The lowest BCUT2D eigenvalue weighted by Crippen LogP contribution is -2.44. The molecule has 0 aliphatic carbocycles. The van der Waals surface area contributed by atoms with Crippen LogP contribution in [-0.4, -0.2) is 57.0 Å². The van der Waals surface area contributed by atoms with Gasteiger partial charge in [0.1, 0.15) is 0 Å². The number of nitrogens with zero attached hydrogens (tertiary/aromatic N) is 2. The molecule has 21 heavy (non-hydrogen) atoms. The van der Waals surface area contributed by atoms with E-state index in [2.05, 4.69) is 18.7 Å². The summed E-state index contributed by atoms with van der Waals surface area (Å²) in [5.41, 5.74) is 1.01. The minimum atomic E-state index is -3.37. The number of ether oxygens (including phenoxy) is 1. The van der Waals surface area contributed by atoms with Crippen LogP contribution < -0.4 is 0 Å². The maximum Gasteiger partial charge on any atom is 0.242 e. The standard InChI is InChI=1S/C15H24N2O3S/c1-12-9-17(10-13(2)20-12)11-14-6-5-7-15(8-14)21(18,19)16(3)4/h5-8,12-13H,9-11H2,1-4H3/t12-,13-/m0/s1. The molecule has 1 aromatic carbocycles. The molecule has 6 heteroatoms. The SMILES string of the molecule is C[C@H]1CN(Cc2cccc(S(=O)(=O)N(C)C)c2)C[C@H](C)O1. The van der Waals surface area contributed by atoms with Gasteiger partial charge < -0.3 is 4.74 Å². The molecule has 2 rings (SSSR count). The zero-order valence-electron chi connectivity index (χ0n) is 13.1. The first-order valence-corrected chi connectivity index (χ1v) is 8.62. The third kappa shape index (κ3) is 4.03. The third-order valence-electron chi connectivity index (χ3n) is 3.58. The molecular weight excluding hydrogens is 288 g/mol. The van der Waals surface area contributed by atoms with Crippen LogP contribution in [0.3, 0.4) is 0 Å². The van der Waals surface area contributed by atoms with Gasteiger partial charge in [-0.25, -0.2) is 12.7 Å². The first-order valence-electron chi connectivity index (χ1n) is 7.18. The van der Waals surface area contributed by atoms with E-state index >= 15 is 0 Å². The summed E-state index contributed by atoms with van der Waals surface area (Å²) in [6.07, 6.45) is 0.421. The van der Waals surface area contributed by atoms with E-state index in [0.29, 0.717) is 4.90 Å². The van der Waals surface area contributed by atoms with Crippen molar-refractivity contribution in [2.45, 2.75) is 37.5 Å². The van der Waals surface area contributed by atoms with Gasteiger partial charge in [-0.3, -0.25) is 4.90 Å². The highest BCUT2D eigenvalue weighted by molar-refractivity contribution is 7.89. The van der Waals surface area contributed by atoms with Crippen molar-refractivity contribution in [3.8, 4) is 0 Å². The predicted molar refractivity (Wildman–Crippen MR) is 82.6 cm³/mol. The molecule has 0 saturated carbocycles. The van der Waals surface area contributed by atoms with Crippen LogP contribution in [0.2, 0.25) is 0 Å². The van der Waals surface area contributed by atoms with Gasteiger partial charge in [0.2, 0.25) is 10.0 Å². The zero-order chi connectivity index (χ0) is 15.6. The van der Waals surface area contributed by atoms with Crippen LogP contribution in [0.4, 0.5) is 0 Å². The summed E-state index contributed by atoms with van der Waals surface area (Å²) >= 11 is 0. The Hall–Kier alpha value is -0.950. The van der Waals surface area contributed by atoms with Crippen molar-refractivity contribution in [2.24, 2.45) is 0 Å². The van der Waals surface area contributed by atoms with E-state index in [1.807, 2.05) is 6.07 Å². The summed E-state index contributed by atoms with van der Waals surface area (Å²) in [6, 6.07) is 7.18. The molecule has 1 saturated heterocycles. The van der Waals surface area contributed by atoms with Crippen molar-refractivity contribution in [3.63, 3.8) is 0 Å². The van der Waals surface area contributed by atoms with Gasteiger partial charge in [-0.2, -0.15) is 0 Å². The number of benzene rings is 1. The molecule has 1 aliphatic heterocycles. The Bertz CT molecular complexity index is 576. The second-order valence-electron chi connectivity index (χ2n) is 5.89. The maximum absolute atomic E-state index is 12.2. The van der Waals surface area contributed by atoms with Crippen LogP contribution in [0.5, 0.6) is 0 Å². The third-order valence-corrected chi connectivity index (χ3v) is 5.39. The van der Waals surface area contributed by atoms with Crippen molar-refractivity contribution < 1.29 is 13.2 Å². The molecule has 0 bridgehead atoms. The summed E-state index contributed by atoms with van der Waals surface area (Å²) in [5, 5.41) is 0. The molecule has 118 valence electrons. The summed E-state index contributed by atoms with van der Waals surface area (Å²) in [6.45, 7) is 6.62. The van der Waals surface area contributed by atoms with Crippen LogP contribution in [0.25, 0.3) is 0 Å². The fourth-order valence-corrected chi connectivity index (χ4v) is 3.66. The van der Waals surface area contributed by atoms with Gasteiger partial charge in [-0.05, 0) is 31.5 Å². The lowest BCUT2D eigenvalue weighted by atomic mass is 10.1. The Balaban J connectivity index is 2.15. The lowest BCUT2D eigenvalue weighted by molar-refractivity contribution is -0.0705. The van der Waals surface area contributed by atoms with Gasteiger partial charge in [-0.1, -0.05) is 12.1 Å². The Morgan fingerprint density at radius 3 is 2.43 bits per heavy atom. The van der Waals surface area contributed by atoms with Crippen molar-refractivity contribution in [3.05, 3.63) is 29.8 Å². The van der Waals surface area contributed by atoms with E-state index < -0.39 is 10.0 Å². The fourth-order valence-electron chi connectivity index (χ4n) is 2.69. The largest absolute Gasteiger partial charge is 0.373 e. The normalized spacial score (nSPS) is 24.4. The molecule has 5 nitrogen and oxygen atoms in total. The van der Waals surface area contributed by atoms with Gasteiger partial charge in [0.15, 0.2) is 0 Å². The second-order valence-corrected chi connectivity index (χ2v) is 8.04. The maximum atomic E-state index is 12.2. The molecule has 2 atom stereocenters. The molecular formula is C15H24N2O3S. The van der Waals surface area contributed by atoms with E-state index in [1.165, 1.54) is 4.31 Å².